The van der Waals surface area contributed by atoms with Gasteiger partial charge in [-0.15, -0.1) is 0 Å². The average molecular weight is 399 g/mol. The van der Waals surface area contributed by atoms with E-state index in [2.05, 4.69) is 13.2 Å². The van der Waals surface area contributed by atoms with E-state index in [1.165, 1.54) is 23.5 Å². The largest absolute Gasteiger partial charge is 0.333 e. The first-order valence-corrected chi connectivity index (χ1v) is 10.4. The van der Waals surface area contributed by atoms with E-state index in [9.17, 15) is 19.2 Å². The SMILES string of the molecule is C=C(C)C(=O)SCCCN1CCN(CCCSC(=O)C(=C)C)C(=O)C1=O. The van der Waals surface area contributed by atoms with Crippen LogP contribution in [0.4, 0.5) is 0 Å². The van der Waals surface area contributed by atoms with Crippen molar-refractivity contribution in [3.63, 3.8) is 0 Å². The number of nitrogens with zero attached hydrogens (tertiary/aromatic N) is 2. The third kappa shape index (κ3) is 7.37. The third-order valence-corrected chi connectivity index (χ3v) is 5.91. The molecule has 1 aliphatic heterocycles. The highest BCUT2D eigenvalue weighted by Gasteiger charge is 2.31. The summed E-state index contributed by atoms with van der Waals surface area (Å²) >= 11 is 2.37. The van der Waals surface area contributed by atoms with Crippen LogP contribution in [0.15, 0.2) is 24.3 Å². The Morgan fingerprint density at radius 3 is 1.50 bits per heavy atom. The van der Waals surface area contributed by atoms with E-state index in [0.717, 1.165) is 0 Å². The zero-order valence-corrected chi connectivity index (χ0v) is 17.0. The summed E-state index contributed by atoms with van der Waals surface area (Å²) in [4.78, 5) is 50.4. The maximum Gasteiger partial charge on any atom is 0.312 e. The van der Waals surface area contributed by atoms with Crippen molar-refractivity contribution < 1.29 is 19.2 Å². The van der Waals surface area contributed by atoms with Gasteiger partial charge in [0.25, 0.3) is 0 Å². The lowest BCUT2D eigenvalue weighted by Crippen LogP contribution is -2.54. The molecule has 0 radical (unpaired) electrons. The van der Waals surface area contributed by atoms with Gasteiger partial charge in [-0.05, 0) is 37.8 Å². The third-order valence-electron chi connectivity index (χ3n) is 3.71. The standard InChI is InChI=1S/C18H26N2O4S2/c1-13(2)17(23)25-11-5-7-19-9-10-20(16(22)15(19)21)8-6-12-26-18(24)14(3)4/h1,3,5-12H2,2,4H3. The number of hydrogen-bond donors (Lipinski definition) is 0. The Labute approximate surface area is 163 Å². The number of thioether (sulfide) groups is 2. The second-order valence-electron chi connectivity index (χ2n) is 6.12. The number of carbonyl (C=O) groups is 4. The lowest BCUT2D eigenvalue weighted by molar-refractivity contribution is -0.155. The normalized spacial score (nSPS) is 14.5. The van der Waals surface area contributed by atoms with E-state index in [1.807, 2.05) is 0 Å². The fraction of sp³-hybridized carbons (Fsp3) is 0.556. The van der Waals surface area contributed by atoms with Gasteiger partial charge in [0.1, 0.15) is 0 Å². The van der Waals surface area contributed by atoms with Gasteiger partial charge in [0.05, 0.1) is 0 Å². The Morgan fingerprint density at radius 1 is 0.846 bits per heavy atom. The molecule has 0 aromatic rings. The molecule has 1 aliphatic rings. The van der Waals surface area contributed by atoms with Crippen LogP contribution < -0.4 is 0 Å². The Morgan fingerprint density at radius 2 is 1.19 bits per heavy atom. The monoisotopic (exact) mass is 398 g/mol. The fourth-order valence-electron chi connectivity index (χ4n) is 2.23. The van der Waals surface area contributed by atoms with E-state index in [-0.39, 0.29) is 10.2 Å². The summed E-state index contributed by atoms with van der Waals surface area (Å²) in [5.74, 6) is 0.221. The average Bonchev–Trinajstić information content (AvgIpc) is 2.59. The van der Waals surface area contributed by atoms with Crippen molar-refractivity contribution >= 4 is 45.6 Å². The van der Waals surface area contributed by atoms with Crippen LogP contribution in [0.1, 0.15) is 26.7 Å². The maximum absolute atomic E-state index is 12.2. The van der Waals surface area contributed by atoms with Crippen LogP contribution in [0, 0.1) is 0 Å². The quantitative estimate of drug-likeness (QED) is 0.319. The van der Waals surface area contributed by atoms with Crippen molar-refractivity contribution in [2.24, 2.45) is 0 Å². The summed E-state index contributed by atoms with van der Waals surface area (Å²) in [6.07, 6.45) is 1.31. The molecule has 0 unspecified atom stereocenters. The minimum Gasteiger partial charge on any atom is -0.333 e. The van der Waals surface area contributed by atoms with Crippen LogP contribution in [0.2, 0.25) is 0 Å². The van der Waals surface area contributed by atoms with Gasteiger partial charge in [-0.2, -0.15) is 0 Å². The summed E-state index contributed by atoms with van der Waals surface area (Å²) in [6.45, 7) is 12.5. The second-order valence-corrected chi connectivity index (χ2v) is 8.26. The molecule has 1 fully saturated rings. The molecule has 6 nitrogen and oxygen atoms in total. The van der Waals surface area contributed by atoms with Crippen LogP contribution in [-0.4, -0.2) is 69.5 Å². The van der Waals surface area contributed by atoms with Crippen molar-refractivity contribution in [3.05, 3.63) is 24.3 Å². The highest BCUT2D eigenvalue weighted by atomic mass is 32.2. The Kier molecular flexibility index (Phi) is 9.72. The first kappa shape index (κ1) is 22.5. The van der Waals surface area contributed by atoms with Crippen LogP contribution >= 0.6 is 23.5 Å². The van der Waals surface area contributed by atoms with Gasteiger partial charge in [-0.3, -0.25) is 19.2 Å². The molecule has 0 bridgehead atoms. The van der Waals surface area contributed by atoms with E-state index in [1.54, 1.807) is 23.6 Å². The zero-order chi connectivity index (χ0) is 19.7. The number of amides is 2. The number of rotatable bonds is 10. The topological polar surface area (TPSA) is 74.8 Å². The Balaban J connectivity index is 2.29. The van der Waals surface area contributed by atoms with E-state index in [4.69, 9.17) is 0 Å². The van der Waals surface area contributed by atoms with Gasteiger partial charge >= 0.3 is 11.8 Å². The van der Waals surface area contributed by atoms with Crippen molar-refractivity contribution in [1.29, 1.82) is 0 Å². The molecule has 144 valence electrons. The number of piperazine rings is 1. The van der Waals surface area contributed by atoms with Crippen LogP contribution in [-0.2, 0) is 19.2 Å². The lowest BCUT2D eigenvalue weighted by atomic mass is 10.2. The van der Waals surface area contributed by atoms with Crippen LogP contribution in [0.3, 0.4) is 0 Å². The number of hydrogen-bond acceptors (Lipinski definition) is 6. The molecular weight excluding hydrogens is 372 g/mol. The summed E-state index contributed by atoms with van der Waals surface area (Å²) in [5, 5.41) is -0.0829. The summed E-state index contributed by atoms with van der Waals surface area (Å²) in [6, 6.07) is 0. The molecule has 8 heteroatoms. The fourth-order valence-corrected chi connectivity index (χ4v) is 3.64. The van der Waals surface area contributed by atoms with Gasteiger partial charge in [-0.25, -0.2) is 0 Å². The van der Waals surface area contributed by atoms with E-state index < -0.39 is 11.8 Å². The van der Waals surface area contributed by atoms with Gasteiger partial charge in [0, 0.05) is 37.7 Å². The molecule has 0 aromatic heterocycles. The molecule has 26 heavy (non-hydrogen) atoms. The van der Waals surface area contributed by atoms with E-state index in [0.29, 0.717) is 61.7 Å². The molecular formula is C18H26N2O4S2. The summed E-state index contributed by atoms with van der Waals surface area (Å²) in [5.41, 5.74) is 1.02. The lowest BCUT2D eigenvalue weighted by Gasteiger charge is -2.33. The van der Waals surface area contributed by atoms with Gasteiger partial charge in [0.15, 0.2) is 0 Å². The highest BCUT2D eigenvalue weighted by Crippen LogP contribution is 2.14. The minimum absolute atomic E-state index is 0.0415. The molecule has 0 N–H and O–H groups in total. The van der Waals surface area contributed by atoms with Gasteiger partial charge in [0.2, 0.25) is 10.2 Å². The molecule has 0 aliphatic carbocycles. The molecule has 0 spiro atoms. The summed E-state index contributed by atoms with van der Waals surface area (Å²) < 4.78 is 0. The molecule has 0 aromatic carbocycles. The molecule has 1 heterocycles. The molecule has 2 amide bonds. The molecule has 1 saturated heterocycles. The first-order valence-electron chi connectivity index (χ1n) is 8.47. The van der Waals surface area contributed by atoms with Gasteiger partial charge in [-0.1, -0.05) is 36.7 Å². The predicted molar refractivity (Wildman–Crippen MR) is 107 cm³/mol. The maximum atomic E-state index is 12.2. The Hall–Kier alpha value is -1.54. The predicted octanol–water partition coefficient (Wildman–Crippen LogP) is 2.11. The minimum atomic E-state index is -0.488. The van der Waals surface area contributed by atoms with Crippen LogP contribution in [0.5, 0.6) is 0 Å². The highest BCUT2D eigenvalue weighted by molar-refractivity contribution is 8.14. The molecule has 1 rings (SSSR count). The van der Waals surface area contributed by atoms with Crippen molar-refractivity contribution in [2.75, 3.05) is 37.7 Å². The van der Waals surface area contributed by atoms with Crippen molar-refractivity contribution in [2.45, 2.75) is 26.7 Å². The summed E-state index contributed by atoms with van der Waals surface area (Å²) in [7, 11) is 0. The first-order chi connectivity index (χ1) is 12.2. The molecule has 0 saturated carbocycles. The van der Waals surface area contributed by atoms with E-state index >= 15 is 0 Å². The molecule has 0 atom stereocenters. The zero-order valence-electron chi connectivity index (χ0n) is 15.4. The van der Waals surface area contributed by atoms with Crippen molar-refractivity contribution in [1.82, 2.24) is 9.80 Å². The van der Waals surface area contributed by atoms with Crippen molar-refractivity contribution in [3.8, 4) is 0 Å². The van der Waals surface area contributed by atoms with Gasteiger partial charge < -0.3 is 9.80 Å². The Bertz CT molecular complexity index is 552. The van der Waals surface area contributed by atoms with Crippen LogP contribution in [0.25, 0.3) is 0 Å². The smallest absolute Gasteiger partial charge is 0.312 e. The number of carbonyl (C=O) groups excluding carboxylic acids is 4. The second kappa shape index (κ2) is 11.2.